The summed E-state index contributed by atoms with van der Waals surface area (Å²) in [5, 5.41) is 2.56. The molecule has 4 fully saturated rings. The van der Waals surface area contributed by atoms with Gasteiger partial charge in [-0.05, 0) is 127 Å². The van der Waals surface area contributed by atoms with Crippen molar-refractivity contribution in [2.24, 2.45) is 46.3 Å². The minimum absolute atomic E-state index is 0.0226. The molecule has 0 bridgehead atoms. The van der Waals surface area contributed by atoms with Gasteiger partial charge in [-0.15, -0.1) is 0 Å². The Bertz CT molecular complexity index is 1000. The van der Waals surface area contributed by atoms with Crippen LogP contribution < -0.4 is 5.32 Å². The molecule has 0 aromatic heterocycles. The lowest BCUT2D eigenvalue weighted by Crippen LogP contribution is -2.54. The number of esters is 1. The van der Waals surface area contributed by atoms with E-state index in [2.05, 4.69) is 19.2 Å². The largest absolute Gasteiger partial charge is 0.462 e. The number of ketones is 2. The van der Waals surface area contributed by atoms with Gasteiger partial charge in [0, 0.05) is 12.3 Å². The summed E-state index contributed by atoms with van der Waals surface area (Å²) in [7, 11) is 0. The highest BCUT2D eigenvalue weighted by atomic mass is 16.6. The molecular weight excluding hydrogens is 506 g/mol. The number of Topliss-reactive ketones (excluding diaryl/α,β-unsaturated/α-hetero) is 2. The van der Waals surface area contributed by atoms with Crippen LogP contribution in [0, 0.1) is 46.3 Å². The normalized spacial score (nSPS) is 38.6. The Kier molecular flexibility index (Phi) is 8.84. The Morgan fingerprint density at radius 1 is 0.900 bits per heavy atom. The molecule has 7 heteroatoms. The highest BCUT2D eigenvalue weighted by Gasteiger charge is 2.61. The van der Waals surface area contributed by atoms with E-state index in [-0.39, 0.29) is 41.0 Å². The van der Waals surface area contributed by atoms with Crippen LogP contribution in [0.2, 0.25) is 0 Å². The molecule has 0 heterocycles. The third kappa shape index (κ3) is 6.13. The molecule has 0 saturated heterocycles. The lowest BCUT2D eigenvalue weighted by Gasteiger charge is -2.61. The number of ether oxygens (including phenoxy) is 2. The molecule has 0 radical (unpaired) electrons. The number of alkyl carbamates (subject to hydrolysis) is 1. The van der Waals surface area contributed by atoms with Crippen LogP contribution in [0.3, 0.4) is 0 Å². The maximum Gasteiger partial charge on any atom is 0.408 e. The Labute approximate surface area is 241 Å². The van der Waals surface area contributed by atoms with Crippen LogP contribution >= 0.6 is 0 Å². The first-order chi connectivity index (χ1) is 18.5. The van der Waals surface area contributed by atoms with Crippen molar-refractivity contribution in [1.29, 1.82) is 0 Å². The lowest BCUT2D eigenvalue weighted by molar-refractivity contribution is -0.167. The number of carbonyl (C=O) groups excluding carboxylic acids is 4. The summed E-state index contributed by atoms with van der Waals surface area (Å²) in [6, 6.07) is -0.737. The van der Waals surface area contributed by atoms with Gasteiger partial charge in [-0.3, -0.25) is 14.4 Å². The molecule has 7 nitrogen and oxygen atoms in total. The van der Waals surface area contributed by atoms with Gasteiger partial charge in [0.1, 0.15) is 17.5 Å². The van der Waals surface area contributed by atoms with Crippen molar-refractivity contribution in [2.75, 3.05) is 0 Å². The predicted octanol–water partition coefficient (Wildman–Crippen LogP) is 6.65. The maximum atomic E-state index is 13.0. The fraction of sp³-hybridized carbons (Fsp3) is 0.879. The molecule has 0 unspecified atom stereocenters. The molecule has 1 amide bonds. The minimum atomic E-state index is -0.737. The number of amides is 1. The van der Waals surface area contributed by atoms with Gasteiger partial charge in [0.05, 0.1) is 12.0 Å². The third-order valence-corrected chi connectivity index (χ3v) is 11.5. The molecule has 226 valence electrons. The van der Waals surface area contributed by atoms with E-state index in [9.17, 15) is 19.2 Å². The summed E-state index contributed by atoms with van der Waals surface area (Å²) in [5.74, 6) is 2.14. The van der Waals surface area contributed by atoms with Crippen molar-refractivity contribution in [3.63, 3.8) is 0 Å². The fourth-order valence-electron chi connectivity index (χ4n) is 9.40. The molecule has 4 rings (SSSR count). The Hall–Kier alpha value is -1.92. The van der Waals surface area contributed by atoms with Gasteiger partial charge < -0.3 is 14.8 Å². The second-order valence-corrected chi connectivity index (χ2v) is 15.2. The SMILES string of the molecule is CC(=O)[C@H]1CC[C@H]2[C@@H]3CC[C@H]4C[C@H](OC(=O)[C@H](C)CC(=O)[C@H](C)NC(=O)OC(C)(C)C)CC[C@]4(C)[C@H]3CC[C@]12C. The monoisotopic (exact) mass is 559 g/mol. The van der Waals surface area contributed by atoms with Gasteiger partial charge in [0.2, 0.25) is 0 Å². The lowest BCUT2D eigenvalue weighted by atomic mass is 9.44. The second-order valence-electron chi connectivity index (χ2n) is 15.2. The molecule has 0 aromatic carbocycles. The number of fused-ring (bicyclic) bond motifs is 5. The first-order valence-electron chi connectivity index (χ1n) is 15.8. The van der Waals surface area contributed by atoms with Gasteiger partial charge >= 0.3 is 12.1 Å². The molecule has 10 atom stereocenters. The highest BCUT2D eigenvalue weighted by Crippen LogP contribution is 2.67. The zero-order valence-corrected chi connectivity index (χ0v) is 26.1. The highest BCUT2D eigenvalue weighted by molar-refractivity contribution is 5.90. The molecule has 4 saturated carbocycles. The van der Waals surface area contributed by atoms with E-state index in [1.807, 2.05) is 0 Å². The summed E-state index contributed by atoms with van der Waals surface area (Å²) in [5.41, 5.74) is -0.200. The topological polar surface area (TPSA) is 98.8 Å². The summed E-state index contributed by atoms with van der Waals surface area (Å²) >= 11 is 0. The van der Waals surface area contributed by atoms with Gasteiger partial charge in [0.15, 0.2) is 5.78 Å². The van der Waals surface area contributed by atoms with Gasteiger partial charge in [-0.2, -0.15) is 0 Å². The van der Waals surface area contributed by atoms with E-state index in [0.29, 0.717) is 29.5 Å². The van der Waals surface area contributed by atoms with E-state index in [1.165, 1.54) is 25.7 Å². The van der Waals surface area contributed by atoms with Crippen LogP contribution in [-0.4, -0.2) is 41.4 Å². The molecule has 40 heavy (non-hydrogen) atoms. The van der Waals surface area contributed by atoms with Gasteiger partial charge in [0.25, 0.3) is 0 Å². The smallest absolute Gasteiger partial charge is 0.408 e. The fourth-order valence-corrected chi connectivity index (χ4v) is 9.40. The number of nitrogens with one attached hydrogen (secondary N) is 1. The average molecular weight is 560 g/mol. The van der Waals surface area contributed by atoms with Crippen LogP contribution in [0.4, 0.5) is 4.79 Å². The summed E-state index contributed by atoms with van der Waals surface area (Å²) in [6.45, 7) is 15.3. The van der Waals surface area contributed by atoms with Crippen molar-refractivity contribution in [2.45, 2.75) is 137 Å². The zero-order valence-electron chi connectivity index (χ0n) is 26.1. The Balaban J connectivity index is 1.29. The van der Waals surface area contributed by atoms with Crippen LogP contribution in [0.25, 0.3) is 0 Å². The first-order valence-corrected chi connectivity index (χ1v) is 15.8. The van der Waals surface area contributed by atoms with Crippen LogP contribution in [-0.2, 0) is 23.9 Å². The first kappa shape index (κ1) is 31.0. The van der Waals surface area contributed by atoms with Crippen molar-refractivity contribution < 1.29 is 28.7 Å². The van der Waals surface area contributed by atoms with E-state index < -0.39 is 23.7 Å². The molecule has 0 aromatic rings. The van der Waals surface area contributed by atoms with Gasteiger partial charge in [-0.1, -0.05) is 20.8 Å². The van der Waals surface area contributed by atoms with Crippen LogP contribution in [0.1, 0.15) is 120 Å². The number of hydrogen-bond acceptors (Lipinski definition) is 6. The number of rotatable bonds is 7. The van der Waals surface area contributed by atoms with Crippen molar-refractivity contribution in [3.8, 4) is 0 Å². The number of carbonyl (C=O) groups is 4. The minimum Gasteiger partial charge on any atom is -0.462 e. The molecule has 4 aliphatic carbocycles. The molecule has 4 aliphatic rings. The molecule has 1 N–H and O–H groups in total. The quantitative estimate of drug-likeness (QED) is 0.351. The van der Waals surface area contributed by atoms with Crippen molar-refractivity contribution in [1.82, 2.24) is 5.32 Å². The maximum absolute atomic E-state index is 13.0. The second kappa shape index (κ2) is 11.4. The third-order valence-electron chi connectivity index (χ3n) is 11.5. The Morgan fingerprint density at radius 3 is 2.20 bits per heavy atom. The van der Waals surface area contributed by atoms with E-state index in [1.54, 1.807) is 41.5 Å². The molecule has 0 aliphatic heterocycles. The zero-order chi connectivity index (χ0) is 29.6. The molecular formula is C33H53NO6. The summed E-state index contributed by atoms with van der Waals surface area (Å²) in [4.78, 5) is 50.1. The van der Waals surface area contributed by atoms with E-state index >= 15 is 0 Å². The molecule has 0 spiro atoms. The van der Waals surface area contributed by atoms with E-state index in [4.69, 9.17) is 9.47 Å². The standard InChI is InChI=1S/C33H53NO6/c1-19(17-28(36)20(2)34-30(38)40-31(4,5)6)29(37)39-23-13-15-32(7)22(18-23)9-10-24-26-12-11-25(21(3)35)33(26,8)16-14-27(24)32/h19-20,22-27H,9-18H2,1-8H3,(H,34,38)/t19-,20+,22+,23-,24+,25-,26+,27+,32+,33-/m1/s1. The van der Waals surface area contributed by atoms with Crippen LogP contribution in [0.5, 0.6) is 0 Å². The van der Waals surface area contributed by atoms with E-state index in [0.717, 1.165) is 32.1 Å². The number of hydrogen-bond donors (Lipinski definition) is 1. The predicted molar refractivity (Wildman–Crippen MR) is 153 cm³/mol. The average Bonchev–Trinajstić information content (AvgIpc) is 3.20. The Morgan fingerprint density at radius 2 is 1.55 bits per heavy atom. The van der Waals surface area contributed by atoms with Crippen molar-refractivity contribution in [3.05, 3.63) is 0 Å². The van der Waals surface area contributed by atoms with Crippen LogP contribution in [0.15, 0.2) is 0 Å². The summed E-state index contributed by atoms with van der Waals surface area (Å²) in [6.07, 6.45) is 9.17. The van der Waals surface area contributed by atoms with Gasteiger partial charge in [-0.25, -0.2) is 4.79 Å². The van der Waals surface area contributed by atoms with Crippen molar-refractivity contribution >= 4 is 23.6 Å². The summed E-state index contributed by atoms with van der Waals surface area (Å²) < 4.78 is 11.2.